The average Bonchev–Trinajstić information content (AvgIpc) is 2.97. The van der Waals surface area contributed by atoms with Crippen LogP contribution in [0, 0.1) is 0 Å². The molecule has 0 aliphatic heterocycles. The quantitative estimate of drug-likeness (QED) is 0.720. The number of aromatic nitrogens is 1. The van der Waals surface area contributed by atoms with Crippen LogP contribution in [0.25, 0.3) is 10.9 Å². The third-order valence-corrected chi connectivity index (χ3v) is 3.85. The van der Waals surface area contributed by atoms with E-state index in [0.717, 1.165) is 28.7 Å². The Morgan fingerprint density at radius 3 is 2.62 bits per heavy atom. The van der Waals surface area contributed by atoms with Gasteiger partial charge in [-0.2, -0.15) is 0 Å². The third-order valence-electron chi connectivity index (χ3n) is 3.85. The van der Waals surface area contributed by atoms with E-state index >= 15 is 0 Å². The van der Waals surface area contributed by atoms with E-state index in [4.69, 9.17) is 4.74 Å². The Morgan fingerprint density at radius 1 is 1.14 bits per heavy atom. The summed E-state index contributed by atoms with van der Waals surface area (Å²) in [5.74, 6) is 0.882. The molecule has 21 heavy (non-hydrogen) atoms. The van der Waals surface area contributed by atoms with E-state index < -0.39 is 0 Å². The first-order valence-electron chi connectivity index (χ1n) is 6.97. The number of aromatic amines is 1. The zero-order chi connectivity index (χ0) is 14.7. The number of fused-ring (bicyclic) bond motifs is 1. The molecule has 106 valence electrons. The van der Waals surface area contributed by atoms with Crippen molar-refractivity contribution in [2.24, 2.45) is 0 Å². The molecule has 1 heterocycles. The second-order valence-corrected chi connectivity index (χ2v) is 5.02. The van der Waals surface area contributed by atoms with Gasteiger partial charge in [-0.25, -0.2) is 0 Å². The Balaban J connectivity index is 2.06. The number of methoxy groups -OCH3 is 1. The highest BCUT2D eigenvalue weighted by molar-refractivity contribution is 5.84. The van der Waals surface area contributed by atoms with Crippen LogP contribution >= 0.6 is 0 Å². The standard InChI is InChI=1S/C18H17NO2/c1-21-14-8-6-13(7-9-14)15(10-11-20)17-12-19-18-5-3-2-4-16(17)18/h2-9,11-12,15,19H,10H2,1H3/t15-/m0/s1. The molecule has 0 spiro atoms. The molecule has 0 unspecified atom stereocenters. The summed E-state index contributed by atoms with van der Waals surface area (Å²) in [6.07, 6.45) is 3.45. The van der Waals surface area contributed by atoms with Crippen molar-refractivity contribution in [2.75, 3.05) is 7.11 Å². The van der Waals surface area contributed by atoms with Crippen molar-refractivity contribution >= 4 is 17.2 Å². The molecule has 0 aliphatic carbocycles. The number of carbonyl (C=O) groups is 1. The number of nitrogens with one attached hydrogen (secondary N) is 1. The summed E-state index contributed by atoms with van der Waals surface area (Å²) in [4.78, 5) is 14.4. The number of H-pyrrole nitrogens is 1. The fourth-order valence-corrected chi connectivity index (χ4v) is 2.76. The van der Waals surface area contributed by atoms with Gasteiger partial charge in [0.1, 0.15) is 12.0 Å². The number of hydrogen-bond donors (Lipinski definition) is 1. The number of aldehydes is 1. The lowest BCUT2D eigenvalue weighted by molar-refractivity contribution is -0.108. The lowest BCUT2D eigenvalue weighted by Crippen LogP contribution is -2.01. The fraction of sp³-hybridized carbons (Fsp3) is 0.167. The van der Waals surface area contributed by atoms with Gasteiger partial charge in [0.2, 0.25) is 0 Å². The first-order valence-corrected chi connectivity index (χ1v) is 6.97. The van der Waals surface area contributed by atoms with E-state index in [1.807, 2.05) is 48.7 Å². The minimum absolute atomic E-state index is 0.0598. The van der Waals surface area contributed by atoms with Crippen LogP contribution in [0.3, 0.4) is 0 Å². The van der Waals surface area contributed by atoms with Gasteiger partial charge < -0.3 is 14.5 Å². The van der Waals surface area contributed by atoms with Crippen LogP contribution in [0.2, 0.25) is 0 Å². The monoisotopic (exact) mass is 279 g/mol. The zero-order valence-corrected chi connectivity index (χ0v) is 11.9. The number of ether oxygens (including phenoxy) is 1. The molecule has 0 amide bonds. The SMILES string of the molecule is COc1ccc([C@H](CC=O)c2c[nH]c3ccccc23)cc1. The maximum Gasteiger partial charge on any atom is 0.120 e. The van der Waals surface area contributed by atoms with Crippen LogP contribution in [0.15, 0.2) is 54.7 Å². The average molecular weight is 279 g/mol. The molecule has 0 radical (unpaired) electrons. The van der Waals surface area contributed by atoms with Crippen molar-refractivity contribution in [3.63, 3.8) is 0 Å². The zero-order valence-electron chi connectivity index (χ0n) is 11.9. The highest BCUT2D eigenvalue weighted by Crippen LogP contribution is 2.33. The molecule has 3 nitrogen and oxygen atoms in total. The minimum Gasteiger partial charge on any atom is -0.497 e. The van der Waals surface area contributed by atoms with Crippen LogP contribution in [-0.4, -0.2) is 18.4 Å². The summed E-state index contributed by atoms with van der Waals surface area (Å²) in [5.41, 5.74) is 3.37. The van der Waals surface area contributed by atoms with Crippen LogP contribution < -0.4 is 4.74 Å². The molecule has 1 N–H and O–H groups in total. The number of para-hydroxylation sites is 1. The normalized spacial score (nSPS) is 12.2. The summed E-state index contributed by atoms with van der Waals surface area (Å²) in [6, 6.07) is 16.1. The van der Waals surface area contributed by atoms with Crippen LogP contribution in [0.4, 0.5) is 0 Å². The Bertz CT molecular complexity index is 743. The van der Waals surface area contributed by atoms with Gasteiger partial charge in [0.15, 0.2) is 0 Å². The maximum absolute atomic E-state index is 11.1. The smallest absolute Gasteiger partial charge is 0.120 e. The van der Waals surface area contributed by atoms with Gasteiger partial charge in [-0.3, -0.25) is 0 Å². The molecule has 0 saturated carbocycles. The minimum atomic E-state index is 0.0598. The van der Waals surface area contributed by atoms with E-state index in [-0.39, 0.29) is 5.92 Å². The van der Waals surface area contributed by atoms with E-state index in [1.54, 1.807) is 7.11 Å². The van der Waals surface area contributed by atoms with Gasteiger partial charge in [-0.15, -0.1) is 0 Å². The van der Waals surface area contributed by atoms with Crippen LogP contribution in [0.1, 0.15) is 23.5 Å². The molecule has 0 aliphatic rings. The van der Waals surface area contributed by atoms with Gasteiger partial charge >= 0.3 is 0 Å². The maximum atomic E-state index is 11.1. The summed E-state index contributed by atoms with van der Waals surface area (Å²) >= 11 is 0. The van der Waals surface area contributed by atoms with Crippen molar-refractivity contribution in [3.8, 4) is 5.75 Å². The molecule has 1 aromatic heterocycles. The Kier molecular flexibility index (Phi) is 3.73. The predicted octanol–water partition coefficient (Wildman–Crippen LogP) is 3.90. The van der Waals surface area contributed by atoms with Gasteiger partial charge in [0, 0.05) is 29.4 Å². The van der Waals surface area contributed by atoms with Gasteiger partial charge in [0.05, 0.1) is 7.11 Å². The van der Waals surface area contributed by atoms with Crippen molar-refractivity contribution in [1.82, 2.24) is 4.98 Å². The van der Waals surface area contributed by atoms with Gasteiger partial charge in [-0.1, -0.05) is 30.3 Å². The molecule has 0 fully saturated rings. The molecule has 3 aromatic rings. The number of hydrogen-bond acceptors (Lipinski definition) is 2. The Morgan fingerprint density at radius 2 is 1.90 bits per heavy atom. The Labute approximate surface area is 123 Å². The van der Waals surface area contributed by atoms with Crippen LogP contribution in [0.5, 0.6) is 5.75 Å². The van der Waals surface area contributed by atoms with Gasteiger partial charge in [0.25, 0.3) is 0 Å². The van der Waals surface area contributed by atoms with E-state index in [2.05, 4.69) is 11.1 Å². The molecule has 3 rings (SSSR count). The van der Waals surface area contributed by atoms with E-state index in [1.165, 1.54) is 5.39 Å². The number of rotatable bonds is 5. The van der Waals surface area contributed by atoms with Crippen molar-refractivity contribution in [2.45, 2.75) is 12.3 Å². The molecule has 0 bridgehead atoms. The first kappa shape index (κ1) is 13.4. The number of carbonyl (C=O) groups excluding carboxylic acids is 1. The highest BCUT2D eigenvalue weighted by Gasteiger charge is 2.17. The second kappa shape index (κ2) is 5.83. The Hall–Kier alpha value is -2.55. The third kappa shape index (κ3) is 2.55. The van der Waals surface area contributed by atoms with Crippen molar-refractivity contribution in [1.29, 1.82) is 0 Å². The molecule has 3 heteroatoms. The summed E-state index contributed by atoms with van der Waals surface area (Å²) < 4.78 is 5.19. The van der Waals surface area contributed by atoms with Gasteiger partial charge in [-0.05, 0) is 29.3 Å². The van der Waals surface area contributed by atoms with E-state index in [9.17, 15) is 4.79 Å². The second-order valence-electron chi connectivity index (χ2n) is 5.02. The lowest BCUT2D eigenvalue weighted by atomic mass is 9.89. The van der Waals surface area contributed by atoms with Crippen molar-refractivity contribution in [3.05, 3.63) is 65.9 Å². The summed E-state index contributed by atoms with van der Waals surface area (Å²) in [6.45, 7) is 0. The molecule has 2 aromatic carbocycles. The predicted molar refractivity (Wildman–Crippen MR) is 83.8 cm³/mol. The molecule has 0 saturated heterocycles. The van der Waals surface area contributed by atoms with Crippen molar-refractivity contribution < 1.29 is 9.53 Å². The molecular formula is C18H17NO2. The molecular weight excluding hydrogens is 262 g/mol. The summed E-state index contributed by atoms with van der Waals surface area (Å²) in [7, 11) is 1.65. The van der Waals surface area contributed by atoms with E-state index in [0.29, 0.717) is 6.42 Å². The lowest BCUT2D eigenvalue weighted by Gasteiger charge is -2.15. The first-order chi connectivity index (χ1) is 10.3. The largest absolute Gasteiger partial charge is 0.497 e. The topological polar surface area (TPSA) is 42.1 Å². The number of benzene rings is 2. The fourth-order valence-electron chi connectivity index (χ4n) is 2.76. The highest BCUT2D eigenvalue weighted by atomic mass is 16.5. The van der Waals surface area contributed by atoms with Crippen LogP contribution in [-0.2, 0) is 4.79 Å². The summed E-state index contributed by atoms with van der Waals surface area (Å²) in [5, 5.41) is 1.17. The molecule has 1 atom stereocenters.